The number of carbonyl (C=O) groups excluding carboxylic acids is 1. The Kier molecular flexibility index (Phi) is 3.86. The summed E-state index contributed by atoms with van der Waals surface area (Å²) in [5.41, 5.74) is 0.702. The Morgan fingerprint density at radius 1 is 1.32 bits per heavy atom. The molecular formula is C15H15N3O4. The van der Waals surface area contributed by atoms with Crippen LogP contribution in [0.5, 0.6) is 5.88 Å². The molecule has 0 spiro atoms. The molecular weight excluding hydrogens is 286 g/mol. The van der Waals surface area contributed by atoms with E-state index in [1.807, 2.05) is 13.0 Å². The van der Waals surface area contributed by atoms with Crippen LogP contribution in [0.15, 0.2) is 39.7 Å². The summed E-state index contributed by atoms with van der Waals surface area (Å²) in [6.07, 6.45) is 1.79. The lowest BCUT2D eigenvalue weighted by Crippen LogP contribution is -2.31. The van der Waals surface area contributed by atoms with E-state index in [4.69, 9.17) is 9.15 Å². The molecule has 3 rings (SSSR count). The van der Waals surface area contributed by atoms with Gasteiger partial charge in [0.25, 0.3) is 5.91 Å². The quantitative estimate of drug-likeness (QED) is 0.841. The van der Waals surface area contributed by atoms with Gasteiger partial charge in [0.1, 0.15) is 12.4 Å². The molecule has 3 heterocycles. The first-order valence-electron chi connectivity index (χ1n) is 6.97. The summed E-state index contributed by atoms with van der Waals surface area (Å²) in [6, 6.07) is 6.29. The minimum Gasteiger partial charge on any atom is -0.471 e. The second-order valence-electron chi connectivity index (χ2n) is 5.14. The molecule has 0 bridgehead atoms. The lowest BCUT2D eigenvalue weighted by atomic mass is 10.2. The van der Waals surface area contributed by atoms with E-state index in [0.29, 0.717) is 24.5 Å². The second-order valence-corrected chi connectivity index (χ2v) is 5.14. The van der Waals surface area contributed by atoms with Gasteiger partial charge in [-0.15, -0.1) is 5.10 Å². The maximum atomic E-state index is 12.3. The van der Waals surface area contributed by atoms with Gasteiger partial charge in [-0.1, -0.05) is 0 Å². The minimum absolute atomic E-state index is 0.114. The van der Waals surface area contributed by atoms with Gasteiger partial charge in [0.05, 0.1) is 17.8 Å². The molecule has 0 saturated carbocycles. The zero-order valence-electron chi connectivity index (χ0n) is 12.1. The molecule has 1 fully saturated rings. The number of amides is 1. The van der Waals surface area contributed by atoms with Crippen molar-refractivity contribution in [2.75, 3.05) is 13.1 Å². The summed E-state index contributed by atoms with van der Waals surface area (Å²) in [5.74, 6) is 0.278. The molecule has 0 aromatic carbocycles. The average Bonchev–Trinajstić information content (AvgIpc) is 2.98. The van der Waals surface area contributed by atoms with Crippen LogP contribution in [0, 0.1) is 6.92 Å². The number of nitrogens with zero attached hydrogens (tertiary/aromatic N) is 3. The van der Waals surface area contributed by atoms with Crippen LogP contribution in [0.1, 0.15) is 22.5 Å². The smallest absolute Gasteiger partial charge is 0.335 e. The third-order valence-electron chi connectivity index (χ3n) is 3.44. The van der Waals surface area contributed by atoms with Crippen molar-refractivity contribution in [3.63, 3.8) is 0 Å². The average molecular weight is 301 g/mol. The van der Waals surface area contributed by atoms with Gasteiger partial charge in [-0.2, -0.15) is 5.10 Å². The highest BCUT2D eigenvalue weighted by Crippen LogP contribution is 2.18. The molecule has 1 aliphatic rings. The van der Waals surface area contributed by atoms with Crippen molar-refractivity contribution in [2.24, 2.45) is 0 Å². The number of likely N-dealkylation sites (tertiary alicyclic amines) is 1. The zero-order chi connectivity index (χ0) is 15.5. The van der Waals surface area contributed by atoms with Gasteiger partial charge in [-0.05, 0) is 19.1 Å². The van der Waals surface area contributed by atoms with E-state index in [9.17, 15) is 9.59 Å². The topological polar surface area (TPSA) is 85.5 Å². The molecule has 1 amide bonds. The van der Waals surface area contributed by atoms with Gasteiger partial charge in [0.15, 0.2) is 0 Å². The summed E-state index contributed by atoms with van der Waals surface area (Å²) < 4.78 is 10.4. The van der Waals surface area contributed by atoms with Crippen LogP contribution in [0.3, 0.4) is 0 Å². The fourth-order valence-corrected chi connectivity index (χ4v) is 2.29. The minimum atomic E-state index is -0.475. The third kappa shape index (κ3) is 3.13. The SMILES string of the molecule is Cc1ccc(OC2CCN(C(=O)c3ccc(=O)oc3)C2)nn1. The maximum absolute atomic E-state index is 12.3. The highest BCUT2D eigenvalue weighted by atomic mass is 16.5. The highest BCUT2D eigenvalue weighted by molar-refractivity contribution is 5.93. The summed E-state index contributed by atoms with van der Waals surface area (Å²) >= 11 is 0. The highest BCUT2D eigenvalue weighted by Gasteiger charge is 2.28. The molecule has 2 aromatic heterocycles. The Hall–Kier alpha value is -2.70. The molecule has 7 heteroatoms. The zero-order valence-corrected chi connectivity index (χ0v) is 12.1. The van der Waals surface area contributed by atoms with Crippen LogP contribution in [-0.4, -0.2) is 40.2 Å². The Labute approximate surface area is 126 Å². The Morgan fingerprint density at radius 3 is 2.86 bits per heavy atom. The molecule has 0 aliphatic carbocycles. The first kappa shape index (κ1) is 14.2. The van der Waals surface area contributed by atoms with Crippen molar-refractivity contribution in [3.8, 4) is 5.88 Å². The molecule has 0 radical (unpaired) electrons. The van der Waals surface area contributed by atoms with Gasteiger partial charge in [0, 0.05) is 25.1 Å². The van der Waals surface area contributed by atoms with Gasteiger partial charge >= 0.3 is 5.63 Å². The van der Waals surface area contributed by atoms with E-state index in [1.165, 1.54) is 18.4 Å². The Balaban J connectivity index is 1.62. The van der Waals surface area contributed by atoms with E-state index in [-0.39, 0.29) is 12.0 Å². The van der Waals surface area contributed by atoms with Crippen molar-refractivity contribution in [3.05, 3.63) is 52.2 Å². The van der Waals surface area contributed by atoms with Crippen molar-refractivity contribution in [2.45, 2.75) is 19.4 Å². The molecule has 22 heavy (non-hydrogen) atoms. The van der Waals surface area contributed by atoms with Gasteiger partial charge < -0.3 is 14.1 Å². The van der Waals surface area contributed by atoms with Gasteiger partial charge in [0.2, 0.25) is 5.88 Å². The lowest BCUT2D eigenvalue weighted by molar-refractivity contribution is 0.0768. The molecule has 2 aromatic rings. The van der Waals surface area contributed by atoms with E-state index in [0.717, 1.165) is 12.1 Å². The number of aromatic nitrogens is 2. The fraction of sp³-hybridized carbons (Fsp3) is 0.333. The van der Waals surface area contributed by atoms with Crippen LogP contribution >= 0.6 is 0 Å². The first-order valence-corrected chi connectivity index (χ1v) is 6.97. The normalized spacial score (nSPS) is 17.5. The fourth-order valence-electron chi connectivity index (χ4n) is 2.29. The Bertz CT molecular complexity index is 706. The number of carbonyl (C=O) groups is 1. The number of hydrogen-bond donors (Lipinski definition) is 0. The molecule has 7 nitrogen and oxygen atoms in total. The number of rotatable bonds is 3. The molecule has 1 aliphatic heterocycles. The van der Waals surface area contributed by atoms with Crippen LogP contribution in [0.2, 0.25) is 0 Å². The van der Waals surface area contributed by atoms with Crippen molar-refractivity contribution < 1.29 is 13.9 Å². The maximum Gasteiger partial charge on any atom is 0.335 e. The largest absolute Gasteiger partial charge is 0.471 e. The second kappa shape index (κ2) is 5.97. The standard InChI is InChI=1S/C15H15N3O4/c1-10-2-4-13(17-16-10)22-12-6-7-18(8-12)15(20)11-3-5-14(19)21-9-11/h2-5,9,12H,6-8H2,1H3. The predicted molar refractivity (Wildman–Crippen MR) is 76.7 cm³/mol. The van der Waals surface area contributed by atoms with Crippen LogP contribution < -0.4 is 10.4 Å². The predicted octanol–water partition coefficient (Wildman–Crippen LogP) is 1.03. The van der Waals surface area contributed by atoms with Crippen LogP contribution in [-0.2, 0) is 0 Å². The lowest BCUT2D eigenvalue weighted by Gasteiger charge is -2.16. The molecule has 114 valence electrons. The van der Waals surface area contributed by atoms with E-state index >= 15 is 0 Å². The first-order chi connectivity index (χ1) is 10.6. The third-order valence-corrected chi connectivity index (χ3v) is 3.44. The van der Waals surface area contributed by atoms with E-state index in [2.05, 4.69) is 10.2 Å². The monoisotopic (exact) mass is 301 g/mol. The number of ether oxygens (including phenoxy) is 1. The molecule has 0 N–H and O–H groups in total. The van der Waals surface area contributed by atoms with Gasteiger partial charge in [-0.25, -0.2) is 4.79 Å². The molecule has 1 unspecified atom stereocenters. The van der Waals surface area contributed by atoms with Crippen molar-refractivity contribution in [1.82, 2.24) is 15.1 Å². The number of hydrogen-bond acceptors (Lipinski definition) is 6. The van der Waals surface area contributed by atoms with Crippen LogP contribution in [0.4, 0.5) is 0 Å². The summed E-state index contributed by atoms with van der Waals surface area (Å²) in [5, 5.41) is 7.89. The molecule has 1 atom stereocenters. The Morgan fingerprint density at radius 2 is 2.18 bits per heavy atom. The van der Waals surface area contributed by atoms with Crippen molar-refractivity contribution in [1.29, 1.82) is 0 Å². The molecule has 1 saturated heterocycles. The van der Waals surface area contributed by atoms with Crippen molar-refractivity contribution >= 4 is 5.91 Å². The van der Waals surface area contributed by atoms with Gasteiger partial charge in [-0.3, -0.25) is 4.79 Å². The summed E-state index contributed by atoms with van der Waals surface area (Å²) in [4.78, 5) is 24.9. The summed E-state index contributed by atoms with van der Waals surface area (Å²) in [7, 11) is 0. The van der Waals surface area contributed by atoms with E-state index < -0.39 is 5.63 Å². The summed E-state index contributed by atoms with van der Waals surface area (Å²) in [6.45, 7) is 2.90. The van der Waals surface area contributed by atoms with E-state index in [1.54, 1.807) is 11.0 Å². The number of aryl methyl sites for hydroxylation is 1. The van der Waals surface area contributed by atoms with Crippen LogP contribution in [0.25, 0.3) is 0 Å².